The van der Waals surface area contributed by atoms with Crippen molar-refractivity contribution in [2.24, 2.45) is 5.73 Å². The number of hydrogen-bond donors (Lipinski definition) is 3. The zero-order chi connectivity index (χ0) is 12.1. The molecule has 0 aliphatic heterocycles. The smallest absolute Gasteiger partial charge is 0.328 e. The molecule has 1 aromatic rings. The fraction of sp³-hybridized carbons (Fsp3) is 0.250. The number of carbonyl (C=O) groups is 2. The Labute approximate surface area is 89.1 Å². The lowest BCUT2D eigenvalue weighted by atomic mass is 10.5. The second-order valence-corrected chi connectivity index (χ2v) is 2.98. The van der Waals surface area contributed by atoms with Gasteiger partial charge in [-0.3, -0.25) is 23.9 Å². The average molecular weight is 226 g/mol. The van der Waals surface area contributed by atoms with E-state index in [9.17, 15) is 19.2 Å². The second-order valence-electron chi connectivity index (χ2n) is 2.98. The summed E-state index contributed by atoms with van der Waals surface area (Å²) < 4.78 is 0.998. The van der Waals surface area contributed by atoms with Crippen LogP contribution in [-0.2, 0) is 16.1 Å². The summed E-state index contributed by atoms with van der Waals surface area (Å²) in [4.78, 5) is 45.4. The predicted molar refractivity (Wildman–Crippen MR) is 53.5 cm³/mol. The molecular weight excluding hydrogens is 216 g/mol. The molecule has 1 rings (SSSR count). The Hall–Kier alpha value is -2.38. The Morgan fingerprint density at radius 1 is 1.44 bits per heavy atom. The zero-order valence-electron chi connectivity index (χ0n) is 8.23. The molecule has 0 aliphatic carbocycles. The van der Waals surface area contributed by atoms with Gasteiger partial charge in [-0.1, -0.05) is 0 Å². The molecule has 1 aromatic heterocycles. The van der Waals surface area contributed by atoms with Crippen LogP contribution in [0.3, 0.4) is 0 Å². The van der Waals surface area contributed by atoms with Crippen LogP contribution < -0.4 is 22.3 Å². The number of nitrogens with zero attached hydrogens (tertiary/aromatic N) is 1. The van der Waals surface area contributed by atoms with E-state index in [-0.39, 0.29) is 13.1 Å². The molecule has 0 saturated carbocycles. The van der Waals surface area contributed by atoms with Crippen molar-refractivity contribution in [1.82, 2.24) is 14.9 Å². The minimum Gasteiger partial charge on any atom is -0.368 e. The van der Waals surface area contributed by atoms with Crippen molar-refractivity contribution < 1.29 is 9.59 Å². The number of nitrogens with one attached hydrogen (secondary N) is 2. The van der Waals surface area contributed by atoms with Crippen molar-refractivity contribution in [2.75, 3.05) is 6.54 Å². The van der Waals surface area contributed by atoms with Crippen LogP contribution in [0.1, 0.15) is 0 Å². The normalized spacial score (nSPS) is 9.75. The van der Waals surface area contributed by atoms with Gasteiger partial charge in [0.25, 0.3) is 5.56 Å². The van der Waals surface area contributed by atoms with Gasteiger partial charge in [-0.2, -0.15) is 0 Å². The van der Waals surface area contributed by atoms with Crippen LogP contribution in [0.15, 0.2) is 21.9 Å². The Bertz CT molecular complexity index is 515. The van der Waals surface area contributed by atoms with E-state index >= 15 is 0 Å². The van der Waals surface area contributed by atoms with E-state index in [4.69, 9.17) is 5.73 Å². The van der Waals surface area contributed by atoms with Gasteiger partial charge in [0.1, 0.15) is 6.54 Å². The van der Waals surface area contributed by atoms with E-state index in [1.54, 1.807) is 0 Å². The second kappa shape index (κ2) is 4.91. The number of nitrogens with two attached hydrogens (primary N) is 1. The molecule has 16 heavy (non-hydrogen) atoms. The average Bonchev–Trinajstić information content (AvgIpc) is 2.19. The summed E-state index contributed by atoms with van der Waals surface area (Å²) >= 11 is 0. The van der Waals surface area contributed by atoms with Gasteiger partial charge in [-0.05, 0) is 0 Å². The standard InChI is InChI=1S/C8H10N4O4/c9-5(13)3-10-7(15)4-12-2-1-6(14)11-8(12)16/h1-2H,3-4H2,(H2,9,13)(H,10,15)(H,11,14,16). The van der Waals surface area contributed by atoms with Crippen molar-refractivity contribution in [1.29, 1.82) is 0 Å². The van der Waals surface area contributed by atoms with E-state index in [1.165, 1.54) is 6.20 Å². The number of amides is 2. The first-order valence-corrected chi connectivity index (χ1v) is 4.34. The molecule has 86 valence electrons. The van der Waals surface area contributed by atoms with Crippen molar-refractivity contribution in [3.8, 4) is 0 Å². The van der Waals surface area contributed by atoms with E-state index in [1.807, 2.05) is 4.98 Å². The van der Waals surface area contributed by atoms with Crippen LogP contribution in [-0.4, -0.2) is 27.9 Å². The summed E-state index contributed by atoms with van der Waals surface area (Å²) in [6.07, 6.45) is 1.19. The van der Waals surface area contributed by atoms with Crippen LogP contribution in [0, 0.1) is 0 Å². The first-order valence-electron chi connectivity index (χ1n) is 4.34. The first-order chi connectivity index (χ1) is 7.49. The molecule has 0 radical (unpaired) electrons. The molecule has 0 saturated heterocycles. The first kappa shape index (κ1) is 11.7. The lowest BCUT2D eigenvalue weighted by Gasteiger charge is -2.04. The maximum atomic E-state index is 11.2. The van der Waals surface area contributed by atoms with Crippen molar-refractivity contribution in [3.63, 3.8) is 0 Å². The minimum atomic E-state index is -0.693. The maximum Gasteiger partial charge on any atom is 0.328 e. The van der Waals surface area contributed by atoms with E-state index in [0.717, 1.165) is 10.6 Å². The summed E-state index contributed by atoms with van der Waals surface area (Å²) in [6.45, 7) is -0.584. The Balaban J connectivity index is 2.66. The largest absolute Gasteiger partial charge is 0.368 e. The molecular formula is C8H10N4O4. The number of H-pyrrole nitrogens is 1. The molecule has 0 fully saturated rings. The highest BCUT2D eigenvalue weighted by Crippen LogP contribution is 1.77. The monoisotopic (exact) mass is 226 g/mol. The Morgan fingerprint density at radius 2 is 2.12 bits per heavy atom. The molecule has 0 unspecified atom stereocenters. The van der Waals surface area contributed by atoms with Gasteiger partial charge < -0.3 is 11.1 Å². The van der Waals surface area contributed by atoms with Crippen LogP contribution in [0.5, 0.6) is 0 Å². The number of carbonyl (C=O) groups excluding carboxylic acids is 2. The van der Waals surface area contributed by atoms with E-state index < -0.39 is 23.1 Å². The fourth-order valence-corrected chi connectivity index (χ4v) is 0.965. The Kier molecular flexibility index (Phi) is 3.59. The molecule has 0 aliphatic rings. The molecule has 0 aromatic carbocycles. The van der Waals surface area contributed by atoms with Crippen molar-refractivity contribution in [2.45, 2.75) is 6.54 Å². The molecule has 8 heteroatoms. The van der Waals surface area contributed by atoms with Gasteiger partial charge in [-0.15, -0.1) is 0 Å². The van der Waals surface area contributed by atoms with Gasteiger partial charge in [-0.25, -0.2) is 4.79 Å². The van der Waals surface area contributed by atoms with Gasteiger partial charge in [0.15, 0.2) is 0 Å². The predicted octanol–water partition coefficient (Wildman–Crippen LogP) is -2.86. The van der Waals surface area contributed by atoms with E-state index in [2.05, 4.69) is 5.32 Å². The topological polar surface area (TPSA) is 127 Å². The minimum absolute atomic E-state index is 0.289. The van der Waals surface area contributed by atoms with Gasteiger partial charge in [0.05, 0.1) is 6.54 Å². The molecule has 0 atom stereocenters. The summed E-state index contributed by atoms with van der Waals surface area (Å²) in [5.41, 5.74) is 3.58. The molecule has 1 heterocycles. The number of rotatable bonds is 4. The van der Waals surface area contributed by atoms with Crippen molar-refractivity contribution >= 4 is 11.8 Å². The Morgan fingerprint density at radius 3 is 2.69 bits per heavy atom. The third-order valence-corrected chi connectivity index (χ3v) is 1.67. The SMILES string of the molecule is NC(=O)CNC(=O)Cn1ccc(=O)[nH]c1=O. The van der Waals surface area contributed by atoms with Crippen LogP contribution >= 0.6 is 0 Å². The molecule has 4 N–H and O–H groups in total. The summed E-state index contributed by atoms with van der Waals surface area (Å²) in [6, 6.07) is 1.11. The summed E-state index contributed by atoms with van der Waals surface area (Å²) in [7, 11) is 0. The molecule has 0 bridgehead atoms. The highest BCUT2D eigenvalue weighted by Gasteiger charge is 2.05. The summed E-state index contributed by atoms with van der Waals surface area (Å²) in [5.74, 6) is -1.23. The van der Waals surface area contributed by atoms with Crippen LogP contribution in [0.25, 0.3) is 0 Å². The van der Waals surface area contributed by atoms with Crippen molar-refractivity contribution in [3.05, 3.63) is 33.1 Å². The number of hydrogen-bond acceptors (Lipinski definition) is 4. The van der Waals surface area contributed by atoms with Gasteiger partial charge >= 0.3 is 5.69 Å². The third-order valence-electron chi connectivity index (χ3n) is 1.67. The zero-order valence-corrected chi connectivity index (χ0v) is 8.23. The van der Waals surface area contributed by atoms with Gasteiger partial charge in [0.2, 0.25) is 11.8 Å². The number of aromatic nitrogens is 2. The highest BCUT2D eigenvalue weighted by atomic mass is 16.2. The third kappa shape index (κ3) is 3.40. The summed E-state index contributed by atoms with van der Waals surface area (Å²) in [5, 5.41) is 2.21. The molecule has 0 spiro atoms. The lowest BCUT2D eigenvalue weighted by molar-refractivity contribution is -0.125. The van der Waals surface area contributed by atoms with Gasteiger partial charge in [0, 0.05) is 12.3 Å². The highest BCUT2D eigenvalue weighted by molar-refractivity contribution is 5.83. The number of aromatic amines is 1. The lowest BCUT2D eigenvalue weighted by Crippen LogP contribution is -2.38. The molecule has 8 nitrogen and oxygen atoms in total. The van der Waals surface area contributed by atoms with Crippen LogP contribution in [0.2, 0.25) is 0 Å². The molecule has 2 amide bonds. The maximum absolute atomic E-state index is 11.2. The van der Waals surface area contributed by atoms with E-state index in [0.29, 0.717) is 0 Å². The number of primary amides is 1. The fourth-order valence-electron chi connectivity index (χ4n) is 0.965. The van der Waals surface area contributed by atoms with Crippen LogP contribution in [0.4, 0.5) is 0 Å². The quantitative estimate of drug-likeness (QED) is 0.510.